The predicted molar refractivity (Wildman–Crippen MR) is 109 cm³/mol. The quantitative estimate of drug-likeness (QED) is 0.661. The van der Waals surface area contributed by atoms with Gasteiger partial charge in [-0.15, -0.1) is 0 Å². The van der Waals surface area contributed by atoms with E-state index in [1.807, 2.05) is 38.1 Å². The van der Waals surface area contributed by atoms with Crippen LogP contribution in [0.2, 0.25) is 0 Å². The van der Waals surface area contributed by atoms with Crippen LogP contribution in [0.3, 0.4) is 0 Å². The van der Waals surface area contributed by atoms with E-state index in [4.69, 9.17) is 0 Å². The number of nitrogens with one attached hydrogen (secondary N) is 2. The van der Waals surface area contributed by atoms with Gasteiger partial charge in [-0.2, -0.15) is 5.10 Å². The molecule has 1 unspecified atom stereocenters. The van der Waals surface area contributed by atoms with Crippen molar-refractivity contribution in [2.45, 2.75) is 32.7 Å². The molecule has 0 bridgehead atoms. The highest BCUT2D eigenvalue weighted by molar-refractivity contribution is 6.04. The Labute approximate surface area is 171 Å². The average Bonchev–Trinajstić information content (AvgIpc) is 3.21. The molecule has 0 fully saturated rings. The Bertz CT molecular complexity index is 1140. The number of benzene rings is 2. The second-order valence-electron chi connectivity index (χ2n) is 7.22. The Morgan fingerprint density at radius 3 is 2.57 bits per heavy atom. The zero-order chi connectivity index (χ0) is 21.4. The van der Waals surface area contributed by atoms with Crippen LogP contribution in [-0.4, -0.2) is 21.6 Å². The van der Waals surface area contributed by atoms with Crippen LogP contribution in [0.4, 0.5) is 20.3 Å². The topological polar surface area (TPSA) is 76.0 Å². The number of amides is 2. The number of halogens is 2. The maximum absolute atomic E-state index is 13.4. The molecule has 154 valence electrons. The Kier molecular flexibility index (Phi) is 5.07. The summed E-state index contributed by atoms with van der Waals surface area (Å²) in [5, 5.41) is 9.91. The average molecular weight is 410 g/mol. The molecule has 6 nitrogen and oxygen atoms in total. The van der Waals surface area contributed by atoms with E-state index < -0.39 is 23.6 Å². The van der Waals surface area contributed by atoms with Crippen molar-refractivity contribution < 1.29 is 18.4 Å². The number of aromatic nitrogens is 2. The number of hydrogen-bond acceptors (Lipinski definition) is 3. The third-order valence-corrected chi connectivity index (χ3v) is 5.08. The molecule has 4 rings (SSSR count). The zero-order valence-corrected chi connectivity index (χ0v) is 16.5. The number of fused-ring (bicyclic) bond motifs is 1. The summed E-state index contributed by atoms with van der Waals surface area (Å²) < 4.78 is 28.0. The molecule has 0 spiro atoms. The number of anilines is 2. The summed E-state index contributed by atoms with van der Waals surface area (Å²) in [6.45, 7) is 3.97. The molecule has 2 heterocycles. The monoisotopic (exact) mass is 410 g/mol. The fourth-order valence-corrected chi connectivity index (χ4v) is 3.55. The van der Waals surface area contributed by atoms with E-state index in [-0.39, 0.29) is 18.0 Å². The van der Waals surface area contributed by atoms with E-state index in [9.17, 15) is 18.4 Å². The molecule has 8 heteroatoms. The van der Waals surface area contributed by atoms with Crippen LogP contribution in [0, 0.1) is 18.6 Å². The van der Waals surface area contributed by atoms with Crippen molar-refractivity contribution in [1.29, 1.82) is 0 Å². The molecule has 1 aliphatic heterocycles. The Morgan fingerprint density at radius 1 is 1.17 bits per heavy atom. The van der Waals surface area contributed by atoms with E-state index in [0.717, 1.165) is 34.5 Å². The van der Waals surface area contributed by atoms with Crippen molar-refractivity contribution in [1.82, 2.24) is 9.78 Å². The molecule has 30 heavy (non-hydrogen) atoms. The van der Waals surface area contributed by atoms with Gasteiger partial charge in [-0.25, -0.2) is 13.5 Å². The molecule has 1 aliphatic rings. The van der Waals surface area contributed by atoms with Crippen LogP contribution >= 0.6 is 0 Å². The summed E-state index contributed by atoms with van der Waals surface area (Å²) in [4.78, 5) is 25.0. The minimum absolute atomic E-state index is 0.118. The second kappa shape index (κ2) is 7.70. The number of rotatable bonds is 5. The maximum atomic E-state index is 13.4. The predicted octanol–water partition coefficient (Wildman–Crippen LogP) is 4.22. The number of carbonyl (C=O) groups excluding carboxylic acids is 2. The first kappa shape index (κ1) is 19.8. The summed E-state index contributed by atoms with van der Waals surface area (Å²) in [5.74, 6) is -2.34. The van der Waals surface area contributed by atoms with Gasteiger partial charge >= 0.3 is 0 Å². The minimum Gasteiger partial charge on any atom is -0.326 e. The summed E-state index contributed by atoms with van der Waals surface area (Å²) in [7, 11) is 0. The summed E-state index contributed by atoms with van der Waals surface area (Å²) in [5.41, 5.74) is 3.84. The van der Waals surface area contributed by atoms with Crippen LogP contribution in [0.5, 0.6) is 0 Å². The lowest BCUT2D eigenvalue weighted by Gasteiger charge is -2.10. The summed E-state index contributed by atoms with van der Waals surface area (Å²) in [6.07, 6.45) is 0.475. The van der Waals surface area contributed by atoms with Crippen molar-refractivity contribution in [2.24, 2.45) is 0 Å². The van der Waals surface area contributed by atoms with Gasteiger partial charge in [-0.3, -0.25) is 9.59 Å². The van der Waals surface area contributed by atoms with E-state index in [1.165, 1.54) is 6.07 Å². The molecular formula is C22H20F2N4O2. The highest BCUT2D eigenvalue weighted by Gasteiger charge is 2.36. The van der Waals surface area contributed by atoms with Gasteiger partial charge in [0.2, 0.25) is 5.91 Å². The van der Waals surface area contributed by atoms with E-state index >= 15 is 0 Å². The van der Waals surface area contributed by atoms with Gasteiger partial charge in [-0.05, 0) is 31.0 Å². The van der Waals surface area contributed by atoms with Gasteiger partial charge in [0.05, 0.1) is 12.1 Å². The van der Waals surface area contributed by atoms with Crippen molar-refractivity contribution in [3.63, 3.8) is 0 Å². The fraction of sp³-hybridized carbons (Fsp3) is 0.227. The highest BCUT2D eigenvalue weighted by atomic mass is 19.2. The minimum atomic E-state index is -1.06. The largest absolute Gasteiger partial charge is 0.326 e. The van der Waals surface area contributed by atoms with Crippen LogP contribution in [0.25, 0.3) is 11.1 Å². The maximum Gasteiger partial charge on any atom is 0.251 e. The Hall–Kier alpha value is -3.55. The van der Waals surface area contributed by atoms with Gasteiger partial charge in [0.1, 0.15) is 11.9 Å². The van der Waals surface area contributed by atoms with Gasteiger partial charge < -0.3 is 10.6 Å². The van der Waals surface area contributed by atoms with Gasteiger partial charge in [0.15, 0.2) is 11.6 Å². The third-order valence-electron chi connectivity index (χ3n) is 5.08. The molecule has 0 aliphatic carbocycles. The fourth-order valence-electron chi connectivity index (χ4n) is 3.55. The van der Waals surface area contributed by atoms with E-state index in [0.29, 0.717) is 12.2 Å². The van der Waals surface area contributed by atoms with Gasteiger partial charge in [0, 0.05) is 17.3 Å². The van der Waals surface area contributed by atoms with Crippen LogP contribution < -0.4 is 10.6 Å². The van der Waals surface area contributed by atoms with Crippen molar-refractivity contribution in [2.75, 3.05) is 10.6 Å². The molecule has 1 aromatic heterocycles. The SMILES string of the molecule is CCc1nn2c(c1-c1ccc(C)cc1)NC(=O)C2CC(=O)Nc1ccc(F)c(F)c1. The lowest BCUT2D eigenvalue weighted by atomic mass is 10.0. The van der Waals surface area contributed by atoms with Crippen LogP contribution in [0.1, 0.15) is 30.6 Å². The highest BCUT2D eigenvalue weighted by Crippen LogP contribution is 2.38. The summed E-state index contributed by atoms with van der Waals surface area (Å²) in [6, 6.07) is 10.2. The van der Waals surface area contributed by atoms with Crippen molar-refractivity contribution in [3.8, 4) is 11.1 Å². The lowest BCUT2D eigenvalue weighted by Crippen LogP contribution is -2.24. The van der Waals surface area contributed by atoms with Crippen molar-refractivity contribution >= 4 is 23.3 Å². The third kappa shape index (κ3) is 3.56. The standard InChI is InChI=1S/C22H20F2N4O2/c1-3-17-20(13-6-4-12(2)5-7-13)21-26-22(30)18(28(21)27-17)11-19(29)25-14-8-9-15(23)16(24)10-14/h4-10,18H,3,11H2,1-2H3,(H,25,29)(H,26,30). The molecule has 0 saturated carbocycles. The smallest absolute Gasteiger partial charge is 0.251 e. The molecule has 3 aromatic rings. The number of carbonyl (C=O) groups is 2. The first-order valence-electron chi connectivity index (χ1n) is 9.61. The van der Waals surface area contributed by atoms with Crippen molar-refractivity contribution in [3.05, 3.63) is 65.4 Å². The lowest BCUT2D eigenvalue weighted by molar-refractivity contribution is -0.123. The number of aryl methyl sites for hydroxylation is 2. The molecule has 2 N–H and O–H groups in total. The molecule has 0 saturated heterocycles. The number of hydrogen-bond donors (Lipinski definition) is 2. The van der Waals surface area contributed by atoms with E-state index in [1.54, 1.807) is 4.68 Å². The van der Waals surface area contributed by atoms with Crippen LogP contribution in [0.15, 0.2) is 42.5 Å². The van der Waals surface area contributed by atoms with Gasteiger partial charge in [-0.1, -0.05) is 36.8 Å². The first-order chi connectivity index (χ1) is 14.4. The molecule has 0 radical (unpaired) electrons. The molecular weight excluding hydrogens is 390 g/mol. The second-order valence-corrected chi connectivity index (χ2v) is 7.22. The Morgan fingerprint density at radius 2 is 1.90 bits per heavy atom. The molecule has 1 atom stereocenters. The molecule has 2 amide bonds. The number of nitrogens with zero attached hydrogens (tertiary/aromatic N) is 2. The van der Waals surface area contributed by atoms with Gasteiger partial charge in [0.25, 0.3) is 5.91 Å². The first-order valence-corrected chi connectivity index (χ1v) is 9.61. The van der Waals surface area contributed by atoms with E-state index in [2.05, 4.69) is 15.7 Å². The normalized spacial score (nSPS) is 15.1. The zero-order valence-electron chi connectivity index (χ0n) is 16.5. The Balaban J connectivity index is 1.60. The van der Waals surface area contributed by atoms with Crippen LogP contribution in [-0.2, 0) is 16.0 Å². The molecule has 2 aromatic carbocycles. The summed E-state index contributed by atoms with van der Waals surface area (Å²) >= 11 is 0.